The smallest absolute Gasteiger partial charge is 0.229 e. The summed E-state index contributed by atoms with van der Waals surface area (Å²) in [6, 6.07) is 3.55. The first-order valence-corrected chi connectivity index (χ1v) is 7.00. The van der Waals surface area contributed by atoms with Crippen molar-refractivity contribution in [3.63, 3.8) is 0 Å². The van der Waals surface area contributed by atoms with E-state index < -0.39 is 0 Å². The van der Waals surface area contributed by atoms with Crippen LogP contribution in [0.1, 0.15) is 12.8 Å². The lowest BCUT2D eigenvalue weighted by Gasteiger charge is -2.31. The molecule has 1 saturated heterocycles. The first-order valence-electron chi connectivity index (χ1n) is 6.63. The van der Waals surface area contributed by atoms with Crippen LogP contribution in [0.4, 0.5) is 11.8 Å². The van der Waals surface area contributed by atoms with Gasteiger partial charge in [-0.2, -0.15) is 10.1 Å². The molecule has 0 aliphatic carbocycles. The molecule has 0 spiro atoms. The Morgan fingerprint density at radius 3 is 2.76 bits per heavy atom. The van der Waals surface area contributed by atoms with E-state index in [9.17, 15) is 4.79 Å². The molecule has 1 aliphatic rings. The summed E-state index contributed by atoms with van der Waals surface area (Å²) in [5.74, 6) is 1.10. The van der Waals surface area contributed by atoms with E-state index in [4.69, 9.17) is 11.6 Å². The maximum atomic E-state index is 12.1. The number of aromatic amines is 1. The number of amides is 1. The van der Waals surface area contributed by atoms with Crippen LogP contribution in [-0.4, -0.2) is 44.4 Å². The second-order valence-corrected chi connectivity index (χ2v) is 5.19. The fraction of sp³-hybridized carbons (Fsp3) is 0.417. The van der Waals surface area contributed by atoms with Crippen LogP contribution in [0, 0.1) is 5.92 Å². The number of halogens is 1. The lowest BCUT2D eigenvalue weighted by Crippen LogP contribution is -2.38. The fourth-order valence-electron chi connectivity index (χ4n) is 2.33. The number of rotatable bonds is 3. The van der Waals surface area contributed by atoms with Crippen molar-refractivity contribution < 1.29 is 4.79 Å². The van der Waals surface area contributed by atoms with Gasteiger partial charge in [-0.15, -0.1) is 10.2 Å². The summed E-state index contributed by atoms with van der Waals surface area (Å²) < 4.78 is 0. The maximum absolute atomic E-state index is 12.1. The van der Waals surface area contributed by atoms with Gasteiger partial charge in [0.1, 0.15) is 6.33 Å². The fourth-order valence-corrected chi connectivity index (χ4v) is 2.43. The molecule has 0 aromatic carbocycles. The normalized spacial score (nSPS) is 16.0. The quantitative estimate of drug-likeness (QED) is 0.881. The molecule has 9 heteroatoms. The van der Waals surface area contributed by atoms with Gasteiger partial charge in [-0.25, -0.2) is 5.10 Å². The van der Waals surface area contributed by atoms with Crippen molar-refractivity contribution in [1.82, 2.24) is 25.4 Å². The Balaban J connectivity index is 1.55. The highest BCUT2D eigenvalue weighted by Crippen LogP contribution is 2.22. The predicted molar refractivity (Wildman–Crippen MR) is 77.0 cm³/mol. The summed E-state index contributed by atoms with van der Waals surface area (Å²) in [5.41, 5.74) is 0. The third-order valence-corrected chi connectivity index (χ3v) is 3.67. The molecule has 2 aromatic heterocycles. The number of hydrogen-bond donors (Lipinski definition) is 2. The number of piperidine rings is 1. The molecule has 21 heavy (non-hydrogen) atoms. The monoisotopic (exact) mass is 307 g/mol. The van der Waals surface area contributed by atoms with Gasteiger partial charge in [-0.05, 0) is 25.0 Å². The number of hydrogen-bond acceptors (Lipinski definition) is 6. The molecule has 0 radical (unpaired) electrons. The van der Waals surface area contributed by atoms with Crippen LogP contribution in [0.3, 0.4) is 0 Å². The molecule has 8 nitrogen and oxygen atoms in total. The Hall–Kier alpha value is -2.22. The molecule has 1 aliphatic heterocycles. The van der Waals surface area contributed by atoms with Crippen LogP contribution in [0.2, 0.25) is 5.15 Å². The summed E-state index contributed by atoms with van der Waals surface area (Å²) in [6.07, 6.45) is 2.87. The van der Waals surface area contributed by atoms with Crippen LogP contribution < -0.4 is 10.2 Å². The van der Waals surface area contributed by atoms with Crippen LogP contribution in [-0.2, 0) is 4.79 Å². The van der Waals surface area contributed by atoms with Gasteiger partial charge in [-0.3, -0.25) is 10.1 Å². The Morgan fingerprint density at radius 1 is 1.33 bits per heavy atom. The standard InChI is InChI=1S/C12H14ClN7O/c13-9-1-2-10(18-17-9)20-5-3-8(4-6-20)11(21)16-12-14-7-15-19-12/h1-2,7-8H,3-6H2,(H2,14,15,16,19,21). The van der Waals surface area contributed by atoms with E-state index in [0.717, 1.165) is 31.7 Å². The van der Waals surface area contributed by atoms with Gasteiger partial charge < -0.3 is 4.90 Å². The van der Waals surface area contributed by atoms with Crippen molar-refractivity contribution >= 4 is 29.3 Å². The molecule has 1 fully saturated rings. The third-order valence-electron chi connectivity index (χ3n) is 3.46. The van der Waals surface area contributed by atoms with Crippen molar-refractivity contribution in [2.75, 3.05) is 23.3 Å². The van der Waals surface area contributed by atoms with Crippen LogP contribution >= 0.6 is 11.6 Å². The summed E-state index contributed by atoms with van der Waals surface area (Å²) >= 11 is 5.72. The van der Waals surface area contributed by atoms with Gasteiger partial charge in [0.2, 0.25) is 11.9 Å². The molecule has 2 N–H and O–H groups in total. The zero-order chi connectivity index (χ0) is 14.7. The highest BCUT2D eigenvalue weighted by molar-refractivity contribution is 6.29. The van der Waals surface area contributed by atoms with E-state index in [0.29, 0.717) is 11.1 Å². The predicted octanol–water partition coefficient (Wildman–Crippen LogP) is 1.10. The van der Waals surface area contributed by atoms with Gasteiger partial charge in [-0.1, -0.05) is 11.6 Å². The van der Waals surface area contributed by atoms with Crippen LogP contribution in [0.25, 0.3) is 0 Å². The topological polar surface area (TPSA) is 99.7 Å². The Morgan fingerprint density at radius 2 is 2.14 bits per heavy atom. The minimum absolute atomic E-state index is 0.0337. The highest BCUT2D eigenvalue weighted by Gasteiger charge is 2.26. The van der Waals surface area contributed by atoms with E-state index in [-0.39, 0.29) is 11.8 Å². The SMILES string of the molecule is O=C(Nc1ncn[nH]1)C1CCN(c2ccc(Cl)nn2)CC1. The van der Waals surface area contributed by atoms with Gasteiger partial charge in [0.15, 0.2) is 11.0 Å². The molecule has 1 amide bonds. The highest BCUT2D eigenvalue weighted by atomic mass is 35.5. The van der Waals surface area contributed by atoms with Gasteiger partial charge in [0.05, 0.1) is 0 Å². The molecule has 3 heterocycles. The van der Waals surface area contributed by atoms with Crippen LogP contribution in [0.5, 0.6) is 0 Å². The maximum Gasteiger partial charge on any atom is 0.229 e. The molecule has 3 rings (SSSR count). The van der Waals surface area contributed by atoms with Crippen LogP contribution in [0.15, 0.2) is 18.5 Å². The molecule has 2 aromatic rings. The Kier molecular flexibility index (Phi) is 3.96. The van der Waals surface area contributed by atoms with Crippen molar-refractivity contribution in [3.05, 3.63) is 23.6 Å². The minimum Gasteiger partial charge on any atom is -0.355 e. The zero-order valence-corrected chi connectivity index (χ0v) is 11.9. The van der Waals surface area contributed by atoms with Crippen molar-refractivity contribution in [2.24, 2.45) is 5.92 Å². The summed E-state index contributed by atoms with van der Waals surface area (Å²) in [7, 11) is 0. The molecular weight excluding hydrogens is 294 g/mol. The molecule has 0 bridgehead atoms. The van der Waals surface area contributed by atoms with Crippen molar-refractivity contribution in [1.29, 1.82) is 0 Å². The number of aromatic nitrogens is 5. The largest absolute Gasteiger partial charge is 0.355 e. The zero-order valence-electron chi connectivity index (χ0n) is 11.2. The summed E-state index contributed by atoms with van der Waals surface area (Å²) in [5, 5.41) is 17.3. The first-order chi connectivity index (χ1) is 10.2. The second-order valence-electron chi connectivity index (χ2n) is 4.80. The number of carbonyl (C=O) groups is 1. The summed E-state index contributed by atoms with van der Waals surface area (Å²) in [4.78, 5) is 18.1. The number of nitrogens with zero attached hydrogens (tertiary/aromatic N) is 5. The van der Waals surface area contributed by atoms with Gasteiger partial charge in [0, 0.05) is 19.0 Å². The van der Waals surface area contributed by atoms with E-state index in [1.54, 1.807) is 6.07 Å². The lowest BCUT2D eigenvalue weighted by atomic mass is 9.96. The van der Waals surface area contributed by atoms with Crippen molar-refractivity contribution in [2.45, 2.75) is 12.8 Å². The average Bonchev–Trinajstić information content (AvgIpc) is 3.01. The van der Waals surface area contributed by atoms with E-state index in [1.165, 1.54) is 6.33 Å². The minimum atomic E-state index is -0.0355. The second kappa shape index (κ2) is 6.04. The lowest BCUT2D eigenvalue weighted by molar-refractivity contribution is -0.120. The number of nitrogens with one attached hydrogen (secondary N) is 2. The number of anilines is 2. The Labute approximate surface area is 125 Å². The van der Waals surface area contributed by atoms with Gasteiger partial charge in [0.25, 0.3) is 0 Å². The average molecular weight is 308 g/mol. The van der Waals surface area contributed by atoms with Gasteiger partial charge >= 0.3 is 0 Å². The van der Waals surface area contributed by atoms with E-state index >= 15 is 0 Å². The molecule has 0 unspecified atom stereocenters. The third kappa shape index (κ3) is 3.27. The van der Waals surface area contributed by atoms with Crippen molar-refractivity contribution in [3.8, 4) is 0 Å². The number of carbonyl (C=O) groups excluding carboxylic acids is 1. The van der Waals surface area contributed by atoms with E-state index in [2.05, 4.69) is 35.6 Å². The molecular formula is C12H14ClN7O. The molecule has 0 atom stereocenters. The van der Waals surface area contributed by atoms with E-state index in [1.807, 2.05) is 6.07 Å². The molecule has 110 valence electrons. The summed E-state index contributed by atoms with van der Waals surface area (Å²) in [6.45, 7) is 1.51. The Bertz CT molecular complexity index is 593. The number of H-pyrrole nitrogens is 1. The molecule has 0 saturated carbocycles. The first kappa shape index (κ1) is 13.7.